The van der Waals surface area contributed by atoms with Crippen LogP contribution in [0.4, 0.5) is 5.82 Å². The quantitative estimate of drug-likeness (QED) is 0.0718. The molecule has 4 bridgehead atoms. The summed E-state index contributed by atoms with van der Waals surface area (Å²) < 4.78 is 11.9. The van der Waals surface area contributed by atoms with Crippen LogP contribution < -0.4 is 42.6 Å². The molecular weight excluding hydrogens is 827 g/mol. The highest BCUT2D eigenvalue weighted by Crippen LogP contribution is 2.45. The molecular formula is C45H55N9O10. The van der Waals surface area contributed by atoms with Crippen molar-refractivity contribution in [2.75, 3.05) is 45.6 Å². The van der Waals surface area contributed by atoms with E-state index >= 15 is 0 Å². The van der Waals surface area contributed by atoms with Crippen LogP contribution in [0.25, 0.3) is 22.5 Å². The van der Waals surface area contributed by atoms with E-state index in [1.54, 1.807) is 25.1 Å². The van der Waals surface area contributed by atoms with Crippen LogP contribution in [0.15, 0.2) is 54.6 Å². The Morgan fingerprint density at radius 2 is 1.70 bits per heavy atom. The topological polar surface area (TPSA) is 308 Å². The van der Waals surface area contributed by atoms with E-state index in [-0.39, 0.29) is 71.4 Å². The van der Waals surface area contributed by atoms with Gasteiger partial charge in [-0.05, 0) is 92.9 Å². The summed E-state index contributed by atoms with van der Waals surface area (Å²) in [6.07, 6.45) is 2.61. The van der Waals surface area contributed by atoms with Crippen molar-refractivity contribution >= 4 is 35.4 Å². The van der Waals surface area contributed by atoms with E-state index < -0.39 is 66.1 Å². The van der Waals surface area contributed by atoms with Crippen molar-refractivity contribution < 1.29 is 48.8 Å². The molecule has 1 fully saturated rings. The van der Waals surface area contributed by atoms with Gasteiger partial charge in [0.1, 0.15) is 48.0 Å². The molecule has 4 atom stereocenters. The number of carbonyl (C=O) groups excluding carboxylic acids is 4. The minimum atomic E-state index is -1.58. The lowest BCUT2D eigenvalue weighted by Crippen LogP contribution is -2.53. The van der Waals surface area contributed by atoms with Gasteiger partial charge in [0.25, 0.3) is 5.91 Å². The van der Waals surface area contributed by atoms with Gasteiger partial charge >= 0.3 is 5.97 Å². The van der Waals surface area contributed by atoms with Crippen molar-refractivity contribution in [3.8, 4) is 39.8 Å². The fourth-order valence-corrected chi connectivity index (χ4v) is 7.27. The van der Waals surface area contributed by atoms with Gasteiger partial charge in [-0.1, -0.05) is 30.3 Å². The Morgan fingerprint density at radius 1 is 0.969 bits per heavy atom. The Balaban J connectivity index is 1.35. The van der Waals surface area contributed by atoms with Crippen LogP contribution in [-0.4, -0.2) is 118 Å². The maximum absolute atomic E-state index is 14.4. The Hall–Kier alpha value is -6.83. The number of nitrogens with two attached hydrogens (primary N) is 3. The van der Waals surface area contributed by atoms with E-state index in [0.717, 1.165) is 22.8 Å². The number of aliphatic hydroxyl groups is 1. The smallest absolute Gasteiger partial charge is 0.326 e. The fraction of sp³-hybridized carbons (Fsp3) is 0.400. The summed E-state index contributed by atoms with van der Waals surface area (Å²) in [4.78, 5) is 77.8. The third kappa shape index (κ3) is 11.2. The van der Waals surface area contributed by atoms with Gasteiger partial charge < -0.3 is 62.8 Å². The number of aryl methyl sites for hydroxylation is 1. The number of anilines is 1. The lowest BCUT2D eigenvalue weighted by atomic mass is 9.93. The van der Waals surface area contributed by atoms with Gasteiger partial charge in [-0.3, -0.25) is 19.2 Å². The van der Waals surface area contributed by atoms with E-state index in [4.69, 9.17) is 26.7 Å². The number of carboxylic acid groups (broad SMARTS) is 1. The standard InChI is InChI=1S/C45H55N9O10/c1-23-37(40(48)53-41(50-23)28-10-7-26(8-11-28)15-25-5-6-25)43(59)49-21-36(56)54(3)38-29-18-32(39(57)35(19-29)64-22-30(55)20-47)31-16-27(9-12-34(31)63-14-4-13-46)17-33(45(61)62)52-42(58)24(2)51-44(38)60/h7-12,16,18-19,24-25,30,33,38,55,57H,4-6,13-15,17,20-22,46-47H2,1-3H3,(H,49,59)(H,51,60)(H,52,58)(H,61,62)(H2,48,50,53)/t24-,30+,33-,38-/m0/s1. The van der Waals surface area contributed by atoms with Crippen molar-refractivity contribution in [1.82, 2.24) is 30.8 Å². The third-order valence-corrected chi connectivity index (χ3v) is 11.1. The molecule has 6 rings (SSSR count). The number of hydrogen-bond acceptors (Lipinski definition) is 14. The zero-order chi connectivity index (χ0) is 46.2. The van der Waals surface area contributed by atoms with Crippen molar-refractivity contribution in [2.45, 2.75) is 70.2 Å². The minimum absolute atomic E-state index is 0.0452. The number of nitrogen functional groups attached to an aromatic ring is 1. The first kappa shape index (κ1) is 46.7. The number of hydrogen-bond donors (Lipinski definition) is 9. The van der Waals surface area contributed by atoms with Crippen LogP contribution in [0, 0.1) is 12.8 Å². The number of fused-ring (bicyclic) bond motifs is 5. The number of aromatic nitrogens is 2. The van der Waals surface area contributed by atoms with Crippen molar-refractivity contribution in [2.24, 2.45) is 17.4 Å². The normalized spacial score (nSPS) is 17.9. The summed E-state index contributed by atoms with van der Waals surface area (Å²) in [5.74, 6) is -4.05. The maximum atomic E-state index is 14.4. The highest BCUT2D eigenvalue weighted by Gasteiger charge is 2.35. The number of nitrogens with zero attached hydrogens (tertiary/aromatic N) is 3. The minimum Gasteiger partial charge on any atom is -0.504 e. The summed E-state index contributed by atoms with van der Waals surface area (Å²) in [6, 6.07) is 11.0. The molecule has 1 aliphatic carbocycles. The molecule has 1 aromatic heterocycles. The average molecular weight is 882 g/mol. The fourth-order valence-electron chi connectivity index (χ4n) is 7.27. The number of aliphatic carboxylic acids is 1. The van der Waals surface area contributed by atoms with Crippen LogP contribution in [0.2, 0.25) is 0 Å². The van der Waals surface area contributed by atoms with Crippen LogP contribution >= 0.6 is 0 Å². The van der Waals surface area contributed by atoms with Gasteiger partial charge in [-0.15, -0.1) is 0 Å². The highest BCUT2D eigenvalue weighted by molar-refractivity contribution is 6.01. The number of amides is 4. The van der Waals surface area contributed by atoms with Crippen molar-refractivity contribution in [3.63, 3.8) is 0 Å². The first-order chi connectivity index (χ1) is 30.6. The van der Waals surface area contributed by atoms with E-state index in [9.17, 15) is 39.3 Å². The Morgan fingerprint density at radius 3 is 2.36 bits per heavy atom. The predicted octanol–water partition coefficient (Wildman–Crippen LogP) is 1.35. The molecule has 0 saturated heterocycles. The molecule has 0 spiro atoms. The molecule has 4 amide bonds. The highest BCUT2D eigenvalue weighted by atomic mass is 16.5. The van der Waals surface area contributed by atoms with Gasteiger partial charge in [-0.25, -0.2) is 14.8 Å². The molecule has 0 radical (unpaired) electrons. The number of aromatic hydroxyl groups is 1. The van der Waals surface area contributed by atoms with E-state index in [0.29, 0.717) is 24.4 Å². The van der Waals surface area contributed by atoms with Gasteiger partial charge in [0.2, 0.25) is 17.7 Å². The second-order valence-corrected chi connectivity index (χ2v) is 16.1. The van der Waals surface area contributed by atoms with E-state index in [1.807, 2.05) is 24.3 Å². The van der Waals surface area contributed by atoms with E-state index in [2.05, 4.69) is 25.9 Å². The average Bonchev–Trinajstić information content (AvgIpc) is 4.09. The van der Waals surface area contributed by atoms with Gasteiger partial charge in [0, 0.05) is 36.7 Å². The Labute approximate surface area is 369 Å². The number of rotatable bonds is 16. The predicted molar refractivity (Wildman–Crippen MR) is 235 cm³/mol. The van der Waals surface area contributed by atoms with Gasteiger partial charge in [0.15, 0.2) is 17.3 Å². The zero-order valence-corrected chi connectivity index (χ0v) is 35.9. The first-order valence-corrected chi connectivity index (χ1v) is 21.0. The lowest BCUT2D eigenvalue weighted by molar-refractivity contribution is -0.142. The molecule has 1 saturated carbocycles. The summed E-state index contributed by atoms with van der Waals surface area (Å²) in [5.41, 5.74) is 20.6. The number of benzene rings is 3. The van der Waals surface area contributed by atoms with Crippen LogP contribution in [0.5, 0.6) is 17.2 Å². The van der Waals surface area contributed by atoms with E-state index in [1.165, 1.54) is 44.5 Å². The first-order valence-electron chi connectivity index (χ1n) is 21.0. The molecule has 4 aromatic rings. The molecule has 64 heavy (non-hydrogen) atoms. The summed E-state index contributed by atoms with van der Waals surface area (Å²) in [5, 5.41) is 39.7. The maximum Gasteiger partial charge on any atom is 0.326 e. The number of aliphatic hydroxyl groups excluding tert-OH is 1. The third-order valence-electron chi connectivity index (χ3n) is 11.1. The second-order valence-electron chi connectivity index (χ2n) is 16.1. The molecule has 0 unspecified atom stereocenters. The van der Waals surface area contributed by atoms with Crippen LogP contribution in [0.3, 0.4) is 0 Å². The number of phenols is 1. The number of nitrogens with one attached hydrogen (secondary N) is 3. The molecule has 19 heteroatoms. The second kappa shape index (κ2) is 20.6. The molecule has 2 heterocycles. The lowest BCUT2D eigenvalue weighted by Gasteiger charge is -2.30. The number of ether oxygens (including phenoxy) is 2. The van der Waals surface area contributed by atoms with Crippen molar-refractivity contribution in [1.29, 1.82) is 0 Å². The number of phenolic OH excluding ortho intramolecular Hbond substituents is 1. The molecule has 1 aliphatic heterocycles. The SMILES string of the molecule is Cc1nc(-c2ccc(CC3CC3)cc2)nc(N)c1C(=O)NCC(=O)N(C)[C@@H]1C(=O)N[C@@H](C)C(=O)N[C@H](C(=O)O)Cc2ccc(OCCCN)c(c2)-c2cc1cc(OC[C@H](O)CN)c2O. The monoisotopic (exact) mass is 881 g/mol. The summed E-state index contributed by atoms with van der Waals surface area (Å²) in [6.45, 7) is 2.23. The number of carbonyl (C=O) groups is 5. The Kier molecular flexibility index (Phi) is 15.0. The molecule has 340 valence electrons. The summed E-state index contributed by atoms with van der Waals surface area (Å²) in [7, 11) is 1.30. The van der Waals surface area contributed by atoms with Crippen LogP contribution in [0.1, 0.15) is 65.0 Å². The van der Waals surface area contributed by atoms with Gasteiger partial charge in [0.05, 0.1) is 18.8 Å². The largest absolute Gasteiger partial charge is 0.504 e. The number of likely N-dealkylation sites (N-methyl/N-ethyl adjacent to an activating group) is 1. The molecule has 3 aromatic carbocycles. The number of carboxylic acids is 1. The van der Waals surface area contributed by atoms with Gasteiger partial charge in [-0.2, -0.15) is 0 Å². The summed E-state index contributed by atoms with van der Waals surface area (Å²) >= 11 is 0. The van der Waals surface area contributed by atoms with Crippen molar-refractivity contribution in [3.05, 3.63) is 82.5 Å². The Bertz CT molecular complexity index is 2370. The molecule has 12 N–H and O–H groups in total. The molecule has 2 aliphatic rings. The molecule has 19 nitrogen and oxygen atoms in total. The zero-order valence-electron chi connectivity index (χ0n) is 35.9. The van der Waals surface area contributed by atoms with Crippen LogP contribution in [-0.2, 0) is 32.0 Å².